The first-order valence-corrected chi connectivity index (χ1v) is 5.52. The van der Waals surface area contributed by atoms with E-state index in [-0.39, 0.29) is 6.10 Å². The molecule has 0 saturated carbocycles. The number of hydrogen-bond donors (Lipinski definition) is 1. The normalized spacial score (nSPS) is 12.9. The Morgan fingerprint density at radius 1 is 1.64 bits per heavy atom. The highest BCUT2D eigenvalue weighted by Gasteiger charge is 2.06. The summed E-state index contributed by atoms with van der Waals surface area (Å²) in [5.41, 5.74) is 1.00. The lowest BCUT2D eigenvalue weighted by atomic mass is 10.2. The van der Waals surface area contributed by atoms with E-state index in [0.717, 1.165) is 22.4 Å². The van der Waals surface area contributed by atoms with Crippen LogP contribution in [0.3, 0.4) is 0 Å². The summed E-state index contributed by atoms with van der Waals surface area (Å²) in [6, 6.07) is 0. The van der Waals surface area contributed by atoms with Gasteiger partial charge in [0.25, 0.3) is 0 Å². The van der Waals surface area contributed by atoms with Crippen LogP contribution in [0.2, 0.25) is 0 Å². The van der Waals surface area contributed by atoms with Gasteiger partial charge in [0.1, 0.15) is 10.5 Å². The average molecular weight is 277 g/mol. The van der Waals surface area contributed by atoms with Crippen molar-refractivity contribution in [2.75, 3.05) is 7.11 Å². The van der Waals surface area contributed by atoms with Crippen molar-refractivity contribution in [1.29, 1.82) is 0 Å². The summed E-state index contributed by atoms with van der Waals surface area (Å²) in [5.74, 6) is 0.866. The molecule has 1 N–H and O–H groups in total. The van der Waals surface area contributed by atoms with E-state index in [1.807, 2.05) is 13.8 Å². The summed E-state index contributed by atoms with van der Waals surface area (Å²) in [6.07, 6.45) is 0.891. The highest BCUT2D eigenvalue weighted by Crippen LogP contribution is 2.15. The van der Waals surface area contributed by atoms with Crippen molar-refractivity contribution >= 4 is 28.1 Å². The van der Waals surface area contributed by atoms with E-state index in [1.54, 1.807) is 7.11 Å². The molecule has 5 heteroatoms. The molecule has 0 fully saturated rings. The molecule has 0 aliphatic rings. The number of aromatic amines is 1. The monoisotopic (exact) mass is 276 g/mol. The van der Waals surface area contributed by atoms with Crippen molar-refractivity contribution in [1.82, 2.24) is 9.97 Å². The van der Waals surface area contributed by atoms with Gasteiger partial charge in [-0.05, 0) is 29.8 Å². The number of aromatic nitrogens is 2. The maximum Gasteiger partial charge on any atom is 0.144 e. The summed E-state index contributed by atoms with van der Waals surface area (Å²) in [6.45, 7) is 3.96. The molecule has 1 unspecified atom stereocenters. The van der Waals surface area contributed by atoms with E-state index < -0.39 is 0 Å². The van der Waals surface area contributed by atoms with Gasteiger partial charge in [-0.2, -0.15) is 0 Å². The third-order valence-corrected chi connectivity index (χ3v) is 3.50. The Morgan fingerprint density at radius 3 is 2.79 bits per heavy atom. The summed E-state index contributed by atoms with van der Waals surface area (Å²) < 4.78 is 6.62. The minimum atomic E-state index is 0.147. The number of halogens is 1. The Labute approximate surface area is 97.0 Å². The molecule has 0 amide bonds. The van der Waals surface area contributed by atoms with Gasteiger partial charge < -0.3 is 9.72 Å². The number of H-pyrrole nitrogens is 1. The summed E-state index contributed by atoms with van der Waals surface area (Å²) in [5, 5.41) is 0. The Kier molecular flexibility index (Phi) is 4.22. The van der Waals surface area contributed by atoms with Gasteiger partial charge in [-0.25, -0.2) is 4.98 Å². The van der Waals surface area contributed by atoms with E-state index in [9.17, 15) is 0 Å². The first-order chi connectivity index (χ1) is 6.54. The fourth-order valence-electron chi connectivity index (χ4n) is 1.08. The number of ether oxygens (including phenoxy) is 1. The minimum Gasteiger partial charge on any atom is -0.381 e. The zero-order valence-electron chi connectivity index (χ0n) is 8.43. The molecule has 1 aromatic heterocycles. The summed E-state index contributed by atoms with van der Waals surface area (Å²) in [4.78, 5) is 7.43. The molecule has 14 heavy (non-hydrogen) atoms. The number of nitrogens with zero attached hydrogens (tertiary/aromatic N) is 1. The van der Waals surface area contributed by atoms with Gasteiger partial charge in [-0.15, -0.1) is 0 Å². The Morgan fingerprint density at radius 2 is 2.29 bits per heavy atom. The van der Waals surface area contributed by atoms with Crippen LogP contribution in [-0.2, 0) is 11.2 Å². The van der Waals surface area contributed by atoms with Crippen molar-refractivity contribution in [3.05, 3.63) is 20.6 Å². The number of rotatable bonds is 3. The lowest BCUT2D eigenvalue weighted by molar-refractivity contribution is 0.117. The van der Waals surface area contributed by atoms with E-state index in [4.69, 9.17) is 17.0 Å². The van der Waals surface area contributed by atoms with Crippen LogP contribution in [-0.4, -0.2) is 23.2 Å². The molecule has 1 heterocycles. The Bertz CT molecular complexity index is 378. The van der Waals surface area contributed by atoms with Crippen molar-refractivity contribution in [3.63, 3.8) is 0 Å². The van der Waals surface area contributed by atoms with Crippen LogP contribution >= 0.6 is 28.1 Å². The van der Waals surface area contributed by atoms with Crippen LogP contribution in [0.15, 0.2) is 4.47 Å². The standard InChI is InChI=1S/C9H13BrN2OS/c1-5(13-3)4-7-11-6(2)8(10)9(14)12-7/h5H,4H2,1-3H3,(H,11,12,14). The van der Waals surface area contributed by atoms with Crippen LogP contribution < -0.4 is 0 Å². The van der Waals surface area contributed by atoms with Crippen molar-refractivity contribution in [3.8, 4) is 0 Å². The molecule has 0 aliphatic carbocycles. The van der Waals surface area contributed by atoms with Gasteiger partial charge in [-0.3, -0.25) is 0 Å². The van der Waals surface area contributed by atoms with Gasteiger partial charge in [0.05, 0.1) is 10.6 Å². The number of aryl methyl sites for hydroxylation is 1. The molecule has 3 nitrogen and oxygen atoms in total. The zero-order valence-corrected chi connectivity index (χ0v) is 10.8. The average Bonchev–Trinajstić information content (AvgIpc) is 2.14. The molecule has 1 aromatic rings. The largest absolute Gasteiger partial charge is 0.381 e. The third-order valence-electron chi connectivity index (χ3n) is 1.97. The molecule has 0 radical (unpaired) electrons. The van der Waals surface area contributed by atoms with Gasteiger partial charge in [0, 0.05) is 19.2 Å². The zero-order chi connectivity index (χ0) is 10.7. The molecule has 78 valence electrons. The highest BCUT2D eigenvalue weighted by molar-refractivity contribution is 9.10. The molecular formula is C9H13BrN2OS. The smallest absolute Gasteiger partial charge is 0.144 e. The topological polar surface area (TPSA) is 37.9 Å². The van der Waals surface area contributed by atoms with Crippen LogP contribution in [0.5, 0.6) is 0 Å². The Hall–Kier alpha value is -0.260. The lowest BCUT2D eigenvalue weighted by Crippen LogP contribution is -2.12. The van der Waals surface area contributed by atoms with Crippen LogP contribution in [0, 0.1) is 11.6 Å². The van der Waals surface area contributed by atoms with Crippen LogP contribution in [0.4, 0.5) is 0 Å². The predicted octanol–water partition coefficient (Wildman–Crippen LogP) is 2.79. The van der Waals surface area contributed by atoms with Gasteiger partial charge in [0.15, 0.2) is 0 Å². The quantitative estimate of drug-likeness (QED) is 0.863. The second kappa shape index (κ2) is 5.00. The maximum atomic E-state index is 5.16. The van der Waals surface area contributed by atoms with Crippen LogP contribution in [0.1, 0.15) is 18.4 Å². The molecule has 0 aliphatic heterocycles. The predicted molar refractivity (Wildman–Crippen MR) is 62.0 cm³/mol. The molecule has 1 atom stereocenters. The maximum absolute atomic E-state index is 5.16. The van der Waals surface area contributed by atoms with Crippen molar-refractivity contribution < 1.29 is 4.74 Å². The third kappa shape index (κ3) is 2.87. The van der Waals surface area contributed by atoms with Crippen molar-refractivity contribution in [2.45, 2.75) is 26.4 Å². The minimum absolute atomic E-state index is 0.147. The van der Waals surface area contributed by atoms with Gasteiger partial charge >= 0.3 is 0 Å². The second-order valence-electron chi connectivity index (χ2n) is 3.18. The molecule has 0 bridgehead atoms. The van der Waals surface area contributed by atoms with E-state index in [0.29, 0.717) is 4.64 Å². The van der Waals surface area contributed by atoms with E-state index in [1.165, 1.54) is 0 Å². The summed E-state index contributed by atoms with van der Waals surface area (Å²) >= 11 is 8.47. The van der Waals surface area contributed by atoms with Crippen molar-refractivity contribution in [2.24, 2.45) is 0 Å². The number of methoxy groups -OCH3 is 1. The van der Waals surface area contributed by atoms with E-state index in [2.05, 4.69) is 25.9 Å². The van der Waals surface area contributed by atoms with Gasteiger partial charge in [0.2, 0.25) is 0 Å². The van der Waals surface area contributed by atoms with Crippen LogP contribution in [0.25, 0.3) is 0 Å². The molecule has 0 spiro atoms. The fraction of sp³-hybridized carbons (Fsp3) is 0.556. The first kappa shape index (κ1) is 11.8. The second-order valence-corrected chi connectivity index (χ2v) is 4.36. The molecule has 1 rings (SSSR count). The van der Waals surface area contributed by atoms with E-state index >= 15 is 0 Å². The first-order valence-electron chi connectivity index (χ1n) is 4.32. The Balaban J connectivity index is 2.96. The number of hydrogen-bond acceptors (Lipinski definition) is 3. The SMILES string of the molecule is COC(C)Cc1nc(=S)c(Br)c(C)[nH]1. The lowest BCUT2D eigenvalue weighted by Gasteiger charge is -2.09. The molecule has 0 aromatic carbocycles. The highest BCUT2D eigenvalue weighted by atomic mass is 79.9. The fourth-order valence-corrected chi connectivity index (χ4v) is 1.53. The molecule has 0 saturated heterocycles. The van der Waals surface area contributed by atoms with Gasteiger partial charge in [-0.1, -0.05) is 12.2 Å². The number of nitrogens with one attached hydrogen (secondary N) is 1. The molecular weight excluding hydrogens is 264 g/mol. The summed E-state index contributed by atoms with van der Waals surface area (Å²) in [7, 11) is 1.69.